The zero-order valence-electron chi connectivity index (χ0n) is 12.6. The van der Waals surface area contributed by atoms with Crippen LogP contribution in [0.2, 0.25) is 0 Å². The van der Waals surface area contributed by atoms with Crippen LogP contribution in [0.1, 0.15) is 18.4 Å². The lowest BCUT2D eigenvalue weighted by Gasteiger charge is -2.09. The second-order valence-corrected chi connectivity index (χ2v) is 5.76. The number of carbonyl (C=O) groups excluding carboxylic acids is 1. The Kier molecular flexibility index (Phi) is 4.68. The molecule has 0 radical (unpaired) electrons. The average molecular weight is 328 g/mol. The molecule has 0 bridgehead atoms. The zero-order valence-corrected chi connectivity index (χ0v) is 13.4. The third-order valence-corrected chi connectivity index (χ3v) is 4.02. The lowest BCUT2D eigenvalue weighted by atomic mass is 10.1. The first-order chi connectivity index (χ1) is 11.3. The summed E-state index contributed by atoms with van der Waals surface area (Å²) in [6.45, 7) is 2.44. The maximum Gasteiger partial charge on any atom is 0.319 e. The fraction of sp³-hybridized carbons (Fsp3) is 0.188. The molecule has 2 N–H and O–H groups in total. The summed E-state index contributed by atoms with van der Waals surface area (Å²) in [7, 11) is 0. The van der Waals surface area contributed by atoms with Crippen molar-refractivity contribution in [3.63, 3.8) is 0 Å². The van der Waals surface area contributed by atoms with E-state index in [1.54, 1.807) is 11.3 Å². The molecule has 2 heterocycles. The number of aromatic nitrogens is 2. The van der Waals surface area contributed by atoms with Crippen molar-refractivity contribution in [1.82, 2.24) is 15.5 Å². The normalized spacial score (nSPS) is 10.5. The molecule has 0 aliphatic rings. The summed E-state index contributed by atoms with van der Waals surface area (Å²) in [5.41, 5.74) is 1.65. The first-order valence-electron chi connectivity index (χ1n) is 7.25. The summed E-state index contributed by atoms with van der Waals surface area (Å²) >= 11 is 1.56. The molecule has 0 aliphatic heterocycles. The second kappa shape index (κ2) is 7.06. The molecule has 0 spiro atoms. The summed E-state index contributed by atoms with van der Waals surface area (Å²) in [5.74, 6) is 1.10. The van der Waals surface area contributed by atoms with Crippen LogP contribution in [0.15, 0.2) is 46.3 Å². The number of carbonyl (C=O) groups is 1. The van der Waals surface area contributed by atoms with Crippen molar-refractivity contribution in [1.29, 1.82) is 0 Å². The average Bonchev–Trinajstić information content (AvgIpc) is 3.20. The molecule has 23 heavy (non-hydrogen) atoms. The van der Waals surface area contributed by atoms with Gasteiger partial charge in [-0.25, -0.2) is 4.79 Å². The molecule has 6 nitrogen and oxygen atoms in total. The number of para-hydroxylation sites is 1. The smallest absolute Gasteiger partial charge is 0.319 e. The van der Waals surface area contributed by atoms with Gasteiger partial charge >= 0.3 is 6.03 Å². The Morgan fingerprint density at radius 3 is 2.91 bits per heavy atom. The van der Waals surface area contributed by atoms with Crippen LogP contribution in [-0.4, -0.2) is 22.7 Å². The lowest BCUT2D eigenvalue weighted by Crippen LogP contribution is -2.28. The van der Waals surface area contributed by atoms with Gasteiger partial charge < -0.3 is 15.2 Å². The molecule has 3 aromatic rings. The van der Waals surface area contributed by atoms with E-state index in [1.807, 2.05) is 48.7 Å². The SMILES string of the molecule is CCNC(=O)Nc1ccccc1Cc1nc(-c2cccs2)no1. The fourth-order valence-corrected chi connectivity index (χ4v) is 2.77. The number of benzene rings is 1. The molecule has 0 unspecified atom stereocenters. The Bertz CT molecular complexity index is 783. The standard InChI is InChI=1S/C16H16N4O2S/c1-2-17-16(21)18-12-7-4-3-6-11(12)10-14-19-15(20-22-14)13-8-5-9-23-13/h3-9H,2,10H2,1H3,(H2,17,18,21). The van der Waals surface area contributed by atoms with Crippen LogP contribution >= 0.6 is 11.3 Å². The molecule has 3 rings (SSSR count). The quantitative estimate of drug-likeness (QED) is 0.751. The summed E-state index contributed by atoms with van der Waals surface area (Å²) in [6.07, 6.45) is 0.459. The van der Waals surface area contributed by atoms with E-state index in [2.05, 4.69) is 20.8 Å². The highest BCUT2D eigenvalue weighted by molar-refractivity contribution is 7.13. The van der Waals surface area contributed by atoms with Gasteiger partial charge in [0.1, 0.15) is 0 Å². The molecule has 0 saturated carbocycles. The zero-order chi connectivity index (χ0) is 16.1. The number of urea groups is 1. The Balaban J connectivity index is 1.76. The highest BCUT2D eigenvalue weighted by atomic mass is 32.1. The van der Waals surface area contributed by atoms with Gasteiger partial charge in [0, 0.05) is 12.2 Å². The van der Waals surface area contributed by atoms with Gasteiger partial charge in [-0.2, -0.15) is 4.98 Å². The minimum atomic E-state index is -0.232. The molecule has 0 atom stereocenters. The number of amides is 2. The van der Waals surface area contributed by atoms with Crippen molar-refractivity contribution < 1.29 is 9.32 Å². The van der Waals surface area contributed by atoms with Crippen molar-refractivity contribution in [3.8, 4) is 10.7 Å². The van der Waals surface area contributed by atoms with E-state index in [9.17, 15) is 4.79 Å². The Labute approximate surface area is 137 Å². The molecule has 118 valence electrons. The number of anilines is 1. The van der Waals surface area contributed by atoms with Crippen molar-refractivity contribution in [2.45, 2.75) is 13.3 Å². The Morgan fingerprint density at radius 1 is 1.26 bits per heavy atom. The van der Waals surface area contributed by atoms with E-state index < -0.39 is 0 Å². The van der Waals surface area contributed by atoms with Crippen LogP contribution in [0.25, 0.3) is 10.7 Å². The van der Waals surface area contributed by atoms with Crippen LogP contribution in [0.3, 0.4) is 0 Å². The number of hydrogen-bond donors (Lipinski definition) is 2. The summed E-state index contributed by atoms with van der Waals surface area (Å²) in [5, 5.41) is 11.5. The van der Waals surface area contributed by atoms with Gasteiger partial charge in [-0.05, 0) is 30.0 Å². The van der Waals surface area contributed by atoms with E-state index in [-0.39, 0.29) is 6.03 Å². The van der Waals surface area contributed by atoms with Crippen LogP contribution < -0.4 is 10.6 Å². The van der Waals surface area contributed by atoms with Gasteiger partial charge in [-0.15, -0.1) is 11.3 Å². The number of nitrogens with one attached hydrogen (secondary N) is 2. The number of nitrogens with zero attached hydrogens (tertiary/aromatic N) is 2. The molecule has 1 aromatic carbocycles. The molecule has 0 aliphatic carbocycles. The second-order valence-electron chi connectivity index (χ2n) is 4.81. The minimum Gasteiger partial charge on any atom is -0.339 e. The number of rotatable bonds is 5. The molecule has 0 fully saturated rings. The molecular weight excluding hydrogens is 312 g/mol. The monoisotopic (exact) mass is 328 g/mol. The van der Waals surface area contributed by atoms with E-state index in [1.165, 1.54) is 0 Å². The number of thiophene rings is 1. The van der Waals surface area contributed by atoms with Gasteiger partial charge in [-0.3, -0.25) is 0 Å². The minimum absolute atomic E-state index is 0.232. The topological polar surface area (TPSA) is 80.0 Å². The maximum atomic E-state index is 11.7. The predicted molar refractivity (Wildman–Crippen MR) is 89.6 cm³/mol. The Hall–Kier alpha value is -2.67. The molecule has 7 heteroatoms. The first-order valence-corrected chi connectivity index (χ1v) is 8.13. The van der Waals surface area contributed by atoms with Crippen LogP contribution in [0.5, 0.6) is 0 Å². The fourth-order valence-electron chi connectivity index (χ4n) is 2.12. The Morgan fingerprint density at radius 2 is 2.13 bits per heavy atom. The van der Waals surface area contributed by atoms with E-state index in [0.29, 0.717) is 24.7 Å². The highest BCUT2D eigenvalue weighted by Crippen LogP contribution is 2.23. The van der Waals surface area contributed by atoms with E-state index in [0.717, 1.165) is 16.1 Å². The van der Waals surface area contributed by atoms with Gasteiger partial charge in [0.15, 0.2) is 0 Å². The lowest BCUT2D eigenvalue weighted by molar-refractivity contribution is 0.252. The van der Waals surface area contributed by atoms with Crippen molar-refractivity contribution >= 4 is 23.1 Å². The maximum absolute atomic E-state index is 11.7. The first kappa shape index (κ1) is 15.2. The van der Waals surface area contributed by atoms with Crippen LogP contribution in [-0.2, 0) is 6.42 Å². The van der Waals surface area contributed by atoms with Crippen molar-refractivity contribution in [3.05, 3.63) is 53.2 Å². The molecule has 2 amide bonds. The van der Waals surface area contributed by atoms with E-state index in [4.69, 9.17) is 4.52 Å². The third-order valence-electron chi connectivity index (χ3n) is 3.15. The van der Waals surface area contributed by atoms with Gasteiger partial charge in [0.25, 0.3) is 0 Å². The third kappa shape index (κ3) is 3.75. The predicted octanol–water partition coefficient (Wildman–Crippen LogP) is 3.53. The summed E-state index contributed by atoms with van der Waals surface area (Å²) in [4.78, 5) is 17.1. The summed E-state index contributed by atoms with van der Waals surface area (Å²) < 4.78 is 5.32. The largest absolute Gasteiger partial charge is 0.339 e. The molecule has 0 saturated heterocycles. The number of hydrogen-bond acceptors (Lipinski definition) is 5. The van der Waals surface area contributed by atoms with Gasteiger partial charge in [0.05, 0.1) is 11.3 Å². The van der Waals surface area contributed by atoms with Crippen LogP contribution in [0.4, 0.5) is 10.5 Å². The summed E-state index contributed by atoms with van der Waals surface area (Å²) in [6, 6.07) is 11.2. The molecular formula is C16H16N4O2S. The van der Waals surface area contributed by atoms with E-state index >= 15 is 0 Å². The molecule has 2 aromatic heterocycles. The van der Waals surface area contributed by atoms with Crippen molar-refractivity contribution in [2.75, 3.05) is 11.9 Å². The highest BCUT2D eigenvalue weighted by Gasteiger charge is 2.12. The van der Waals surface area contributed by atoms with Crippen molar-refractivity contribution in [2.24, 2.45) is 0 Å². The van der Waals surface area contributed by atoms with Gasteiger partial charge in [-0.1, -0.05) is 29.4 Å². The van der Waals surface area contributed by atoms with Gasteiger partial charge in [0.2, 0.25) is 11.7 Å². The van der Waals surface area contributed by atoms with Crippen LogP contribution in [0, 0.1) is 0 Å².